The lowest BCUT2D eigenvalue weighted by Gasteiger charge is -2.26. The van der Waals surface area contributed by atoms with Crippen molar-refractivity contribution < 1.29 is 18.7 Å². The predicted molar refractivity (Wildman–Crippen MR) is 64.7 cm³/mol. The minimum atomic E-state index is -2.59. The third-order valence-corrected chi connectivity index (χ3v) is 2.89. The molecule has 1 aromatic rings. The number of carboxylic acids is 1. The predicted octanol–water partition coefficient (Wildman–Crippen LogP) is 3.09. The number of carboxylic acid groups (broad SMARTS) is 1. The Morgan fingerprint density at radius 2 is 1.83 bits per heavy atom. The van der Waals surface area contributed by atoms with Crippen LogP contribution >= 0.6 is 0 Å². The molecule has 0 aliphatic carbocycles. The number of benzene rings is 1. The molecule has 5 heteroatoms. The van der Waals surface area contributed by atoms with E-state index in [1.54, 1.807) is 11.0 Å². The molecule has 1 N–H and O–H groups in total. The lowest BCUT2D eigenvalue weighted by molar-refractivity contribution is -0.143. The van der Waals surface area contributed by atoms with Crippen molar-refractivity contribution in [3.05, 3.63) is 35.4 Å². The molecular formula is C13H17F2NO2. The van der Waals surface area contributed by atoms with E-state index in [1.165, 1.54) is 18.2 Å². The van der Waals surface area contributed by atoms with Crippen LogP contribution in [0.5, 0.6) is 0 Å². The molecule has 0 radical (unpaired) electrons. The Kier molecular flexibility index (Phi) is 5.22. The molecule has 0 saturated carbocycles. The maximum atomic E-state index is 12.6. The van der Waals surface area contributed by atoms with Gasteiger partial charge in [-0.2, -0.15) is 0 Å². The highest BCUT2D eigenvalue weighted by atomic mass is 19.3. The monoisotopic (exact) mass is 257 g/mol. The first-order valence-electron chi connectivity index (χ1n) is 5.86. The van der Waals surface area contributed by atoms with Crippen LogP contribution in [0.2, 0.25) is 0 Å². The number of likely N-dealkylation sites (N-methyl/N-ethyl adjacent to an activating group) is 1. The molecule has 1 aromatic carbocycles. The van der Waals surface area contributed by atoms with E-state index < -0.39 is 18.4 Å². The summed E-state index contributed by atoms with van der Waals surface area (Å²) in [4.78, 5) is 13.0. The fraction of sp³-hybridized carbons (Fsp3) is 0.462. The highest BCUT2D eigenvalue weighted by Gasteiger charge is 2.26. The largest absolute Gasteiger partial charge is 0.480 e. The van der Waals surface area contributed by atoms with Gasteiger partial charge in [-0.1, -0.05) is 32.0 Å². The van der Waals surface area contributed by atoms with Crippen LogP contribution < -0.4 is 0 Å². The van der Waals surface area contributed by atoms with Gasteiger partial charge in [0, 0.05) is 5.56 Å². The van der Waals surface area contributed by atoms with Crippen molar-refractivity contribution in [1.82, 2.24) is 4.90 Å². The molecule has 1 rings (SSSR count). The van der Waals surface area contributed by atoms with Gasteiger partial charge in [-0.15, -0.1) is 0 Å². The second-order valence-corrected chi connectivity index (χ2v) is 3.93. The summed E-state index contributed by atoms with van der Waals surface area (Å²) in [7, 11) is 0. The molecule has 0 bridgehead atoms. The van der Waals surface area contributed by atoms with Crippen LogP contribution in [0.3, 0.4) is 0 Å². The van der Waals surface area contributed by atoms with Crippen LogP contribution in [0.25, 0.3) is 0 Å². The van der Waals surface area contributed by atoms with Gasteiger partial charge in [-0.05, 0) is 24.7 Å². The topological polar surface area (TPSA) is 40.5 Å². The maximum absolute atomic E-state index is 12.6. The second-order valence-electron chi connectivity index (χ2n) is 3.93. The molecule has 1 unspecified atom stereocenters. The van der Waals surface area contributed by atoms with Crippen molar-refractivity contribution in [1.29, 1.82) is 0 Å². The van der Waals surface area contributed by atoms with E-state index in [-0.39, 0.29) is 5.56 Å². The van der Waals surface area contributed by atoms with Crippen molar-refractivity contribution in [2.24, 2.45) is 0 Å². The minimum Gasteiger partial charge on any atom is -0.480 e. The molecule has 0 amide bonds. The highest BCUT2D eigenvalue weighted by Crippen LogP contribution is 2.26. The van der Waals surface area contributed by atoms with Gasteiger partial charge < -0.3 is 5.11 Å². The quantitative estimate of drug-likeness (QED) is 0.851. The summed E-state index contributed by atoms with van der Waals surface area (Å²) in [5.41, 5.74) is 0.245. The number of alkyl halides is 2. The van der Waals surface area contributed by atoms with Gasteiger partial charge >= 0.3 is 5.97 Å². The molecule has 100 valence electrons. The van der Waals surface area contributed by atoms with Crippen LogP contribution in [0.4, 0.5) is 8.78 Å². The zero-order valence-corrected chi connectivity index (χ0v) is 10.4. The first-order chi connectivity index (χ1) is 8.51. The molecule has 0 saturated heterocycles. The Morgan fingerprint density at radius 3 is 2.28 bits per heavy atom. The Bertz CT molecular complexity index is 406. The van der Waals surface area contributed by atoms with Gasteiger partial charge in [0.2, 0.25) is 0 Å². The van der Waals surface area contributed by atoms with Gasteiger partial charge in [-0.3, -0.25) is 9.69 Å². The van der Waals surface area contributed by atoms with Gasteiger partial charge in [0.15, 0.2) is 0 Å². The van der Waals surface area contributed by atoms with Gasteiger partial charge in [0.05, 0.1) is 0 Å². The van der Waals surface area contributed by atoms with E-state index in [2.05, 4.69) is 0 Å². The van der Waals surface area contributed by atoms with Crippen molar-refractivity contribution in [3.8, 4) is 0 Å². The van der Waals surface area contributed by atoms with E-state index >= 15 is 0 Å². The number of nitrogens with zero attached hydrogens (tertiary/aromatic N) is 1. The number of hydrogen-bond donors (Lipinski definition) is 1. The average Bonchev–Trinajstić information content (AvgIpc) is 2.35. The first-order valence-corrected chi connectivity index (χ1v) is 5.86. The first kappa shape index (κ1) is 14.6. The van der Waals surface area contributed by atoms with E-state index in [0.717, 1.165) is 0 Å². The molecule has 0 aromatic heterocycles. The van der Waals surface area contributed by atoms with Crippen molar-refractivity contribution in [2.75, 3.05) is 13.1 Å². The molecular weight excluding hydrogens is 240 g/mol. The third-order valence-electron chi connectivity index (χ3n) is 2.89. The molecule has 0 heterocycles. The summed E-state index contributed by atoms with van der Waals surface area (Å²) in [6.07, 6.45) is -2.59. The Hall–Kier alpha value is -1.49. The SMILES string of the molecule is CCN(CC)C(C(=O)O)c1cccc(C(F)F)c1. The third kappa shape index (κ3) is 3.26. The smallest absolute Gasteiger partial charge is 0.325 e. The van der Waals surface area contributed by atoms with Crippen LogP contribution in [0.15, 0.2) is 24.3 Å². The van der Waals surface area contributed by atoms with E-state index in [4.69, 9.17) is 0 Å². The van der Waals surface area contributed by atoms with Crippen LogP contribution in [0, 0.1) is 0 Å². The lowest BCUT2D eigenvalue weighted by Crippen LogP contribution is -2.33. The standard InChI is InChI=1S/C13H17F2NO2/c1-3-16(4-2)11(13(17)18)9-6-5-7-10(8-9)12(14)15/h5-8,11-12H,3-4H2,1-2H3,(H,17,18). The molecule has 18 heavy (non-hydrogen) atoms. The summed E-state index contributed by atoms with van der Waals surface area (Å²) < 4.78 is 25.2. The van der Waals surface area contributed by atoms with Crippen molar-refractivity contribution in [2.45, 2.75) is 26.3 Å². The van der Waals surface area contributed by atoms with Gasteiger partial charge in [0.25, 0.3) is 6.43 Å². The van der Waals surface area contributed by atoms with Gasteiger partial charge in [0.1, 0.15) is 6.04 Å². The number of rotatable bonds is 6. The molecule has 0 fully saturated rings. The summed E-state index contributed by atoms with van der Waals surface area (Å²) in [6.45, 7) is 4.78. The molecule has 0 aliphatic rings. The summed E-state index contributed by atoms with van der Waals surface area (Å²) in [5.74, 6) is -1.02. The molecule has 3 nitrogen and oxygen atoms in total. The summed E-state index contributed by atoms with van der Waals surface area (Å²) in [6, 6.07) is 4.73. The normalized spacial score (nSPS) is 13.0. The average molecular weight is 257 g/mol. The number of aliphatic carboxylic acids is 1. The fourth-order valence-electron chi connectivity index (χ4n) is 1.96. The van der Waals surface area contributed by atoms with E-state index in [1.807, 2.05) is 13.8 Å². The van der Waals surface area contributed by atoms with Crippen LogP contribution in [-0.4, -0.2) is 29.1 Å². The highest BCUT2D eigenvalue weighted by molar-refractivity contribution is 5.75. The Morgan fingerprint density at radius 1 is 1.28 bits per heavy atom. The number of halogens is 2. The van der Waals surface area contributed by atoms with Crippen molar-refractivity contribution in [3.63, 3.8) is 0 Å². The lowest BCUT2D eigenvalue weighted by atomic mass is 10.0. The van der Waals surface area contributed by atoms with E-state index in [0.29, 0.717) is 18.7 Å². The molecule has 0 spiro atoms. The zero-order valence-electron chi connectivity index (χ0n) is 10.4. The van der Waals surface area contributed by atoms with E-state index in [9.17, 15) is 18.7 Å². The maximum Gasteiger partial charge on any atom is 0.325 e. The zero-order chi connectivity index (χ0) is 13.7. The number of hydrogen-bond acceptors (Lipinski definition) is 2. The fourth-order valence-corrected chi connectivity index (χ4v) is 1.96. The molecule has 0 aliphatic heterocycles. The molecule has 1 atom stereocenters. The second kappa shape index (κ2) is 6.44. The van der Waals surface area contributed by atoms with Crippen molar-refractivity contribution >= 4 is 5.97 Å². The van der Waals surface area contributed by atoms with Crippen LogP contribution in [-0.2, 0) is 4.79 Å². The number of carbonyl (C=O) groups is 1. The minimum absolute atomic E-state index is 0.147. The van der Waals surface area contributed by atoms with Gasteiger partial charge in [-0.25, -0.2) is 8.78 Å². The van der Waals surface area contributed by atoms with Crippen LogP contribution in [0.1, 0.15) is 37.4 Å². The Labute approximate surface area is 105 Å². The summed E-state index contributed by atoms with van der Waals surface area (Å²) in [5, 5.41) is 9.26. The summed E-state index contributed by atoms with van der Waals surface area (Å²) >= 11 is 0. The Balaban J connectivity index is 3.13.